The lowest BCUT2D eigenvalue weighted by atomic mass is 9.57. The molecule has 20 heavy (non-hydrogen) atoms. The minimum absolute atomic E-state index is 0.00209. The first-order chi connectivity index (χ1) is 9.41. The highest BCUT2D eigenvalue weighted by atomic mass is 79.9. The van der Waals surface area contributed by atoms with Crippen LogP contribution in [0.2, 0.25) is 0 Å². The summed E-state index contributed by atoms with van der Waals surface area (Å²) < 4.78 is 6.46. The third kappa shape index (κ3) is 2.02. The fraction of sp³-hybridized carbons (Fsp3) is 0.571. The normalized spacial score (nSPS) is 30.4. The Balaban J connectivity index is 1.87. The van der Waals surface area contributed by atoms with Crippen molar-refractivity contribution in [3.8, 4) is 0 Å². The van der Waals surface area contributed by atoms with Crippen LogP contribution in [0.15, 0.2) is 22.7 Å². The average Bonchev–Trinajstić information content (AvgIpc) is 2.83. The molecule has 1 aromatic carbocycles. The van der Waals surface area contributed by atoms with Crippen LogP contribution in [0.25, 0.3) is 0 Å². The molecule has 6 heteroatoms. The highest BCUT2D eigenvalue weighted by Crippen LogP contribution is 2.53. The minimum Gasteiger partial charge on any atom is -0.377 e. The number of nitro groups is 1. The monoisotopic (exact) mass is 340 g/mol. The van der Waals surface area contributed by atoms with E-state index in [1.807, 2.05) is 6.07 Å². The minimum atomic E-state index is -0.346. The molecule has 3 unspecified atom stereocenters. The number of hydrogen-bond acceptors (Lipinski definition) is 4. The molecular weight excluding hydrogens is 324 g/mol. The van der Waals surface area contributed by atoms with E-state index in [9.17, 15) is 10.1 Å². The summed E-state index contributed by atoms with van der Waals surface area (Å²) in [6.07, 6.45) is 1.30. The summed E-state index contributed by atoms with van der Waals surface area (Å²) in [6.45, 7) is 5.10. The summed E-state index contributed by atoms with van der Waals surface area (Å²) in [6, 6.07) is 5.34. The van der Waals surface area contributed by atoms with E-state index < -0.39 is 0 Å². The maximum absolute atomic E-state index is 11.2. The molecule has 0 amide bonds. The topological polar surface area (TPSA) is 64.4 Å². The highest BCUT2D eigenvalue weighted by Gasteiger charge is 2.59. The van der Waals surface area contributed by atoms with Gasteiger partial charge in [-0.3, -0.25) is 10.1 Å². The van der Waals surface area contributed by atoms with Crippen molar-refractivity contribution in [2.75, 3.05) is 11.9 Å². The van der Waals surface area contributed by atoms with Gasteiger partial charge in [0.15, 0.2) is 0 Å². The fourth-order valence-corrected chi connectivity index (χ4v) is 3.91. The Hall–Kier alpha value is -1.14. The quantitative estimate of drug-likeness (QED) is 0.674. The molecule has 1 saturated heterocycles. The SMILES string of the molecule is CC1(C)C(Nc2ccc(Br)cc2[N+](=O)[O-])C2CCOC21. The molecule has 0 aromatic heterocycles. The van der Waals surface area contributed by atoms with Crippen LogP contribution in [0.3, 0.4) is 0 Å². The van der Waals surface area contributed by atoms with Crippen LogP contribution >= 0.6 is 15.9 Å². The van der Waals surface area contributed by atoms with Crippen molar-refractivity contribution in [2.45, 2.75) is 32.4 Å². The molecule has 0 spiro atoms. The van der Waals surface area contributed by atoms with Gasteiger partial charge < -0.3 is 10.1 Å². The third-order valence-corrected chi connectivity index (χ3v) is 5.06. The van der Waals surface area contributed by atoms with Gasteiger partial charge in [0.25, 0.3) is 5.69 Å². The zero-order chi connectivity index (χ0) is 14.5. The summed E-state index contributed by atoms with van der Waals surface area (Å²) >= 11 is 3.28. The Morgan fingerprint density at radius 2 is 2.25 bits per heavy atom. The number of nitrogens with zero attached hydrogens (tertiary/aromatic N) is 1. The number of rotatable bonds is 3. The first kappa shape index (κ1) is 13.8. The zero-order valence-electron chi connectivity index (χ0n) is 11.4. The molecule has 1 aromatic rings. The molecule has 2 aliphatic rings. The molecule has 3 atom stereocenters. The van der Waals surface area contributed by atoms with Crippen molar-refractivity contribution < 1.29 is 9.66 Å². The van der Waals surface area contributed by atoms with E-state index in [2.05, 4.69) is 35.1 Å². The van der Waals surface area contributed by atoms with Crippen LogP contribution in [0.1, 0.15) is 20.3 Å². The number of ether oxygens (including phenoxy) is 1. The van der Waals surface area contributed by atoms with Crippen molar-refractivity contribution in [3.05, 3.63) is 32.8 Å². The Kier molecular flexibility index (Phi) is 3.25. The lowest BCUT2D eigenvalue weighted by Gasteiger charge is -2.54. The molecular formula is C14H17BrN2O3. The Labute approximate surface area is 126 Å². The predicted octanol–water partition coefficient (Wildman–Crippen LogP) is 3.58. The van der Waals surface area contributed by atoms with Crippen molar-refractivity contribution in [3.63, 3.8) is 0 Å². The highest BCUT2D eigenvalue weighted by molar-refractivity contribution is 9.10. The van der Waals surface area contributed by atoms with Crippen LogP contribution in [0.4, 0.5) is 11.4 Å². The third-order valence-electron chi connectivity index (χ3n) is 4.57. The summed E-state index contributed by atoms with van der Waals surface area (Å²) in [5, 5.41) is 14.5. The molecule has 3 rings (SSSR count). The van der Waals surface area contributed by atoms with E-state index in [-0.39, 0.29) is 28.2 Å². The maximum Gasteiger partial charge on any atom is 0.293 e. The second-order valence-corrected chi connectivity index (χ2v) is 7.02. The molecule has 108 valence electrons. The second kappa shape index (κ2) is 4.70. The van der Waals surface area contributed by atoms with Crippen molar-refractivity contribution >= 4 is 27.3 Å². The van der Waals surface area contributed by atoms with E-state index in [0.717, 1.165) is 13.0 Å². The van der Waals surface area contributed by atoms with Crippen molar-refractivity contribution in [2.24, 2.45) is 11.3 Å². The van der Waals surface area contributed by atoms with E-state index in [1.165, 1.54) is 6.07 Å². The van der Waals surface area contributed by atoms with E-state index >= 15 is 0 Å². The first-order valence-corrected chi connectivity index (χ1v) is 7.52. The van der Waals surface area contributed by atoms with Crippen LogP contribution in [-0.2, 0) is 4.74 Å². The Bertz CT molecular complexity index is 561. The zero-order valence-corrected chi connectivity index (χ0v) is 13.0. The van der Waals surface area contributed by atoms with Gasteiger partial charge in [0.2, 0.25) is 0 Å². The predicted molar refractivity (Wildman–Crippen MR) is 79.8 cm³/mol. The van der Waals surface area contributed by atoms with Gasteiger partial charge in [-0.1, -0.05) is 29.8 Å². The van der Waals surface area contributed by atoms with Gasteiger partial charge >= 0.3 is 0 Å². The van der Waals surface area contributed by atoms with Crippen LogP contribution in [0.5, 0.6) is 0 Å². The number of fused-ring (bicyclic) bond motifs is 1. The first-order valence-electron chi connectivity index (χ1n) is 6.73. The summed E-state index contributed by atoms with van der Waals surface area (Å²) in [4.78, 5) is 10.8. The summed E-state index contributed by atoms with van der Waals surface area (Å²) in [5.41, 5.74) is 0.696. The van der Waals surface area contributed by atoms with Crippen LogP contribution in [0, 0.1) is 21.4 Å². The fourth-order valence-electron chi connectivity index (χ4n) is 3.56. The van der Waals surface area contributed by atoms with Gasteiger partial charge in [-0.25, -0.2) is 0 Å². The van der Waals surface area contributed by atoms with E-state index in [1.54, 1.807) is 6.07 Å². The molecule has 1 N–H and O–H groups in total. The number of nitro benzene ring substituents is 1. The molecule has 2 fully saturated rings. The van der Waals surface area contributed by atoms with Crippen LogP contribution in [-0.4, -0.2) is 23.7 Å². The standard InChI is InChI=1S/C14H17BrN2O3/c1-14(2)12(9-5-6-20-13(9)14)16-10-4-3-8(15)7-11(10)17(18)19/h3-4,7,9,12-13,16H,5-6H2,1-2H3. The molecule has 0 radical (unpaired) electrons. The largest absolute Gasteiger partial charge is 0.377 e. The smallest absolute Gasteiger partial charge is 0.293 e. The molecule has 0 bridgehead atoms. The summed E-state index contributed by atoms with van der Waals surface area (Å²) in [7, 11) is 0. The Morgan fingerprint density at radius 3 is 2.95 bits per heavy atom. The van der Waals surface area contributed by atoms with E-state index in [0.29, 0.717) is 16.1 Å². The van der Waals surface area contributed by atoms with E-state index in [4.69, 9.17) is 4.74 Å². The molecule has 5 nitrogen and oxygen atoms in total. The van der Waals surface area contributed by atoms with Crippen molar-refractivity contribution in [1.29, 1.82) is 0 Å². The van der Waals surface area contributed by atoms with Gasteiger partial charge in [0.05, 0.1) is 11.0 Å². The molecule has 1 saturated carbocycles. The summed E-state index contributed by atoms with van der Waals surface area (Å²) in [5.74, 6) is 0.452. The van der Waals surface area contributed by atoms with Crippen LogP contribution < -0.4 is 5.32 Å². The lowest BCUT2D eigenvalue weighted by molar-refractivity contribution is -0.384. The number of halogens is 1. The number of nitrogens with one attached hydrogen (secondary N) is 1. The van der Waals surface area contributed by atoms with Crippen molar-refractivity contribution in [1.82, 2.24) is 0 Å². The molecule has 1 aliphatic carbocycles. The average molecular weight is 341 g/mol. The molecule has 1 heterocycles. The Morgan fingerprint density at radius 1 is 1.50 bits per heavy atom. The number of benzene rings is 1. The second-order valence-electron chi connectivity index (χ2n) is 6.11. The van der Waals surface area contributed by atoms with Gasteiger partial charge in [-0.15, -0.1) is 0 Å². The number of anilines is 1. The van der Waals surface area contributed by atoms with Gasteiger partial charge in [-0.05, 0) is 18.6 Å². The number of hydrogen-bond donors (Lipinski definition) is 1. The van der Waals surface area contributed by atoms with Gasteiger partial charge in [0.1, 0.15) is 5.69 Å². The maximum atomic E-state index is 11.2. The van der Waals surface area contributed by atoms with Gasteiger partial charge in [-0.2, -0.15) is 0 Å². The lowest BCUT2D eigenvalue weighted by Crippen LogP contribution is -2.63. The molecule has 1 aliphatic heterocycles. The van der Waals surface area contributed by atoms with Gasteiger partial charge in [0, 0.05) is 34.5 Å².